The van der Waals surface area contributed by atoms with Crippen LogP contribution in [-0.2, 0) is 12.8 Å². The molecule has 4 rings (SSSR count). The van der Waals surface area contributed by atoms with E-state index in [4.69, 9.17) is 0 Å². The van der Waals surface area contributed by atoms with Crippen LogP contribution < -0.4 is 0 Å². The van der Waals surface area contributed by atoms with E-state index in [1.54, 1.807) is 0 Å². The molecule has 1 saturated carbocycles. The van der Waals surface area contributed by atoms with Crippen molar-refractivity contribution in [3.63, 3.8) is 0 Å². The van der Waals surface area contributed by atoms with Gasteiger partial charge in [0, 0.05) is 30.9 Å². The Morgan fingerprint density at radius 1 is 1.05 bits per heavy atom. The summed E-state index contributed by atoms with van der Waals surface area (Å²) < 4.78 is 2.46. The van der Waals surface area contributed by atoms with Crippen LogP contribution in [0.5, 0.6) is 0 Å². The summed E-state index contributed by atoms with van der Waals surface area (Å²) in [6.45, 7) is 2.24. The van der Waals surface area contributed by atoms with Crippen molar-refractivity contribution in [3.05, 3.63) is 17.7 Å². The van der Waals surface area contributed by atoms with E-state index in [9.17, 15) is 5.11 Å². The van der Waals surface area contributed by atoms with Crippen molar-refractivity contribution in [2.45, 2.75) is 76.0 Å². The molecule has 0 unspecified atom stereocenters. The summed E-state index contributed by atoms with van der Waals surface area (Å²) in [5.41, 5.74) is 2.84. The minimum Gasteiger partial charge on any atom is -0.391 e. The molecule has 1 aliphatic heterocycles. The van der Waals surface area contributed by atoms with Crippen molar-refractivity contribution in [1.29, 1.82) is 0 Å². The van der Waals surface area contributed by atoms with Crippen LogP contribution in [0.4, 0.5) is 0 Å². The van der Waals surface area contributed by atoms with Gasteiger partial charge in [-0.1, -0.05) is 12.8 Å². The SMILES string of the molecule is O[C@@H]1CCCC[C@@H]1N1CC[C@H](n2cnc3c2CCCC3)C1. The number of aliphatic hydroxyl groups excluding tert-OH is 1. The van der Waals surface area contributed by atoms with Gasteiger partial charge in [-0.05, 0) is 44.9 Å². The lowest BCUT2D eigenvalue weighted by Gasteiger charge is -2.35. The van der Waals surface area contributed by atoms with Gasteiger partial charge in [0.1, 0.15) is 0 Å². The highest BCUT2D eigenvalue weighted by atomic mass is 16.3. The first-order valence-corrected chi connectivity index (χ1v) is 8.79. The number of hydrogen-bond donors (Lipinski definition) is 1. The van der Waals surface area contributed by atoms with Crippen molar-refractivity contribution in [3.8, 4) is 0 Å². The molecule has 1 aromatic rings. The number of hydrogen-bond acceptors (Lipinski definition) is 3. The number of rotatable bonds is 2. The fourth-order valence-electron chi connectivity index (χ4n) is 4.62. The summed E-state index contributed by atoms with van der Waals surface area (Å²) in [6, 6.07) is 0.983. The van der Waals surface area contributed by atoms with Crippen molar-refractivity contribution < 1.29 is 5.11 Å². The van der Waals surface area contributed by atoms with E-state index in [1.165, 1.54) is 62.8 Å². The van der Waals surface area contributed by atoms with Crippen molar-refractivity contribution >= 4 is 0 Å². The summed E-state index contributed by atoms with van der Waals surface area (Å²) in [6.07, 6.45) is 12.8. The monoisotopic (exact) mass is 289 g/mol. The first-order valence-electron chi connectivity index (χ1n) is 8.79. The molecule has 1 aromatic heterocycles. The summed E-state index contributed by atoms with van der Waals surface area (Å²) in [5.74, 6) is 0. The van der Waals surface area contributed by atoms with Crippen molar-refractivity contribution in [2.24, 2.45) is 0 Å². The van der Waals surface area contributed by atoms with Crippen molar-refractivity contribution in [2.75, 3.05) is 13.1 Å². The molecule has 2 fully saturated rings. The third-order valence-corrected chi connectivity index (χ3v) is 5.81. The van der Waals surface area contributed by atoms with E-state index in [2.05, 4.69) is 20.8 Å². The van der Waals surface area contributed by atoms with Gasteiger partial charge >= 0.3 is 0 Å². The van der Waals surface area contributed by atoms with E-state index in [1.807, 2.05) is 0 Å². The summed E-state index contributed by atoms with van der Waals surface area (Å²) in [7, 11) is 0. The van der Waals surface area contributed by atoms with E-state index in [0.29, 0.717) is 12.1 Å². The smallest absolute Gasteiger partial charge is 0.0954 e. The number of aliphatic hydroxyl groups is 1. The highest BCUT2D eigenvalue weighted by molar-refractivity contribution is 5.17. The lowest BCUT2D eigenvalue weighted by Crippen LogP contribution is -2.44. The minimum atomic E-state index is -0.103. The highest BCUT2D eigenvalue weighted by Gasteiger charge is 2.35. The lowest BCUT2D eigenvalue weighted by molar-refractivity contribution is 0.0296. The summed E-state index contributed by atoms with van der Waals surface area (Å²) in [4.78, 5) is 7.19. The topological polar surface area (TPSA) is 41.3 Å². The Hall–Kier alpha value is -0.870. The van der Waals surface area contributed by atoms with Crippen LogP contribution in [0.1, 0.15) is 62.4 Å². The van der Waals surface area contributed by atoms with Gasteiger partial charge in [0.15, 0.2) is 0 Å². The van der Waals surface area contributed by atoms with E-state index >= 15 is 0 Å². The van der Waals surface area contributed by atoms with Crippen LogP contribution >= 0.6 is 0 Å². The summed E-state index contributed by atoms with van der Waals surface area (Å²) >= 11 is 0. The second kappa shape index (κ2) is 5.73. The quantitative estimate of drug-likeness (QED) is 0.908. The van der Waals surface area contributed by atoms with Gasteiger partial charge < -0.3 is 9.67 Å². The largest absolute Gasteiger partial charge is 0.391 e. The average molecular weight is 289 g/mol. The first-order chi connectivity index (χ1) is 10.3. The average Bonchev–Trinajstić information content (AvgIpc) is 3.14. The number of nitrogens with zero attached hydrogens (tertiary/aromatic N) is 3. The molecule has 2 heterocycles. The van der Waals surface area contributed by atoms with Gasteiger partial charge in [0.05, 0.1) is 18.1 Å². The Morgan fingerprint density at radius 3 is 2.81 bits per heavy atom. The fraction of sp³-hybridized carbons (Fsp3) is 0.824. The molecule has 4 nitrogen and oxygen atoms in total. The maximum Gasteiger partial charge on any atom is 0.0954 e. The third-order valence-electron chi connectivity index (χ3n) is 5.81. The van der Waals surface area contributed by atoms with Gasteiger partial charge in [-0.2, -0.15) is 0 Å². The molecule has 4 heteroatoms. The lowest BCUT2D eigenvalue weighted by atomic mass is 9.91. The maximum absolute atomic E-state index is 10.3. The molecule has 0 radical (unpaired) electrons. The number of aryl methyl sites for hydroxylation is 1. The van der Waals surface area contributed by atoms with Gasteiger partial charge in [-0.25, -0.2) is 4.98 Å². The molecular weight excluding hydrogens is 262 g/mol. The molecule has 0 amide bonds. The molecule has 0 spiro atoms. The van der Waals surface area contributed by atoms with Gasteiger partial charge in [-0.3, -0.25) is 4.90 Å². The number of fused-ring (bicyclic) bond motifs is 1. The number of aromatic nitrogens is 2. The molecular formula is C17H27N3O. The van der Waals surface area contributed by atoms with Crippen LogP contribution in [0.15, 0.2) is 6.33 Å². The molecule has 2 aliphatic carbocycles. The second-order valence-electron chi connectivity index (χ2n) is 7.11. The Bertz CT molecular complexity index is 498. The van der Waals surface area contributed by atoms with Gasteiger partial charge in [0.25, 0.3) is 0 Å². The van der Waals surface area contributed by atoms with E-state index in [-0.39, 0.29) is 6.10 Å². The van der Waals surface area contributed by atoms with Gasteiger partial charge in [0.2, 0.25) is 0 Å². The highest BCUT2D eigenvalue weighted by Crippen LogP contribution is 2.32. The molecule has 3 aliphatic rings. The summed E-state index contributed by atoms with van der Waals surface area (Å²) in [5, 5.41) is 10.3. The zero-order chi connectivity index (χ0) is 14.2. The fourth-order valence-corrected chi connectivity index (χ4v) is 4.62. The first kappa shape index (κ1) is 13.8. The predicted octanol–water partition coefficient (Wildman–Crippen LogP) is 2.31. The van der Waals surface area contributed by atoms with Crippen LogP contribution in [0.25, 0.3) is 0 Å². The van der Waals surface area contributed by atoms with Crippen LogP contribution in [0.2, 0.25) is 0 Å². The Labute approximate surface area is 127 Å². The standard InChI is InChI=1S/C17H27N3O/c21-17-8-4-3-7-16(17)19-10-9-13(11-19)20-12-18-14-5-1-2-6-15(14)20/h12-13,16-17,21H,1-11H2/t13-,16-,17+/m0/s1. The van der Waals surface area contributed by atoms with Gasteiger partial charge in [-0.15, -0.1) is 0 Å². The molecule has 3 atom stereocenters. The molecule has 21 heavy (non-hydrogen) atoms. The van der Waals surface area contributed by atoms with Crippen LogP contribution in [0, 0.1) is 0 Å². The zero-order valence-electron chi connectivity index (χ0n) is 12.9. The van der Waals surface area contributed by atoms with E-state index in [0.717, 1.165) is 19.5 Å². The zero-order valence-corrected chi connectivity index (χ0v) is 12.9. The molecule has 116 valence electrons. The normalized spacial score (nSPS) is 34.0. The molecule has 0 bridgehead atoms. The van der Waals surface area contributed by atoms with Crippen LogP contribution in [0.3, 0.4) is 0 Å². The molecule has 1 saturated heterocycles. The Kier molecular flexibility index (Phi) is 3.76. The Balaban J connectivity index is 1.47. The van der Waals surface area contributed by atoms with E-state index < -0.39 is 0 Å². The third kappa shape index (κ3) is 2.53. The minimum absolute atomic E-state index is 0.103. The predicted molar refractivity (Wildman–Crippen MR) is 82.4 cm³/mol. The Morgan fingerprint density at radius 2 is 1.90 bits per heavy atom. The number of imidazole rings is 1. The maximum atomic E-state index is 10.3. The number of likely N-dealkylation sites (tertiary alicyclic amines) is 1. The van der Waals surface area contributed by atoms with Crippen LogP contribution in [-0.4, -0.2) is 44.8 Å². The van der Waals surface area contributed by atoms with Crippen molar-refractivity contribution in [1.82, 2.24) is 14.5 Å². The second-order valence-corrected chi connectivity index (χ2v) is 7.11. The molecule has 0 aromatic carbocycles. The molecule has 1 N–H and O–H groups in total.